The van der Waals surface area contributed by atoms with E-state index in [0.29, 0.717) is 12.8 Å². The standard InChI is InChI=1S/C8H13NO2/c1-3-4-5-7(6(2)9)8(10)11/h1,6-7H,4-5,9H2,2H3,(H,10,11)/t6?,7-/m1/s1. The molecule has 0 aliphatic carbocycles. The Morgan fingerprint density at radius 2 is 2.36 bits per heavy atom. The largest absolute Gasteiger partial charge is 0.481 e. The van der Waals surface area contributed by atoms with E-state index in [-0.39, 0.29) is 6.04 Å². The molecule has 0 saturated heterocycles. The predicted octanol–water partition coefficient (Wildman–Crippen LogP) is 0.448. The second-order valence-electron chi connectivity index (χ2n) is 2.55. The van der Waals surface area contributed by atoms with Crippen LogP contribution in [0.4, 0.5) is 0 Å². The fraction of sp³-hybridized carbons (Fsp3) is 0.625. The van der Waals surface area contributed by atoms with Crippen LogP contribution in [0.2, 0.25) is 0 Å². The van der Waals surface area contributed by atoms with Crippen molar-refractivity contribution in [3.8, 4) is 12.3 Å². The Morgan fingerprint density at radius 3 is 2.64 bits per heavy atom. The van der Waals surface area contributed by atoms with E-state index in [9.17, 15) is 4.79 Å². The maximum Gasteiger partial charge on any atom is 0.308 e. The topological polar surface area (TPSA) is 63.3 Å². The third-order valence-corrected chi connectivity index (χ3v) is 1.55. The summed E-state index contributed by atoms with van der Waals surface area (Å²) in [6, 6.07) is -0.333. The van der Waals surface area contributed by atoms with Crippen molar-refractivity contribution in [3.63, 3.8) is 0 Å². The Morgan fingerprint density at radius 1 is 1.82 bits per heavy atom. The Bertz CT molecular complexity index is 169. The highest BCUT2D eigenvalue weighted by Crippen LogP contribution is 2.09. The third kappa shape index (κ3) is 3.64. The summed E-state index contributed by atoms with van der Waals surface area (Å²) in [7, 11) is 0. The minimum Gasteiger partial charge on any atom is -0.481 e. The molecular formula is C8H13NO2. The lowest BCUT2D eigenvalue weighted by Crippen LogP contribution is -2.32. The average Bonchev–Trinajstić information content (AvgIpc) is 1.87. The molecule has 2 atom stereocenters. The number of carboxylic acid groups (broad SMARTS) is 1. The molecule has 0 aliphatic heterocycles. The molecule has 0 spiro atoms. The number of hydrogen-bond acceptors (Lipinski definition) is 2. The average molecular weight is 155 g/mol. The molecule has 0 fully saturated rings. The van der Waals surface area contributed by atoms with Crippen LogP contribution in [0.15, 0.2) is 0 Å². The van der Waals surface area contributed by atoms with Crippen molar-refractivity contribution < 1.29 is 9.90 Å². The Kier molecular flexibility index (Phi) is 4.32. The first-order chi connectivity index (χ1) is 5.09. The zero-order valence-corrected chi connectivity index (χ0v) is 6.58. The summed E-state index contributed by atoms with van der Waals surface area (Å²) in [5.74, 6) is 1.02. The van der Waals surface area contributed by atoms with Crippen LogP contribution in [0.3, 0.4) is 0 Å². The van der Waals surface area contributed by atoms with Gasteiger partial charge in [-0.2, -0.15) is 0 Å². The van der Waals surface area contributed by atoms with Crippen molar-refractivity contribution in [2.45, 2.75) is 25.8 Å². The van der Waals surface area contributed by atoms with Crippen LogP contribution in [0.25, 0.3) is 0 Å². The number of carboxylic acids is 1. The summed E-state index contributed by atoms with van der Waals surface area (Å²) in [4.78, 5) is 10.5. The highest BCUT2D eigenvalue weighted by Gasteiger charge is 2.20. The Hall–Kier alpha value is -1.01. The molecule has 0 amide bonds. The molecule has 0 radical (unpaired) electrons. The van der Waals surface area contributed by atoms with E-state index in [1.807, 2.05) is 0 Å². The number of rotatable bonds is 4. The molecule has 3 heteroatoms. The smallest absolute Gasteiger partial charge is 0.308 e. The van der Waals surface area contributed by atoms with Gasteiger partial charge in [0.05, 0.1) is 5.92 Å². The molecule has 11 heavy (non-hydrogen) atoms. The molecular weight excluding hydrogens is 142 g/mol. The summed E-state index contributed by atoms with van der Waals surface area (Å²) in [6.45, 7) is 1.68. The summed E-state index contributed by atoms with van der Waals surface area (Å²) in [5, 5.41) is 8.62. The van der Waals surface area contributed by atoms with Gasteiger partial charge in [-0.3, -0.25) is 4.79 Å². The molecule has 1 unspecified atom stereocenters. The third-order valence-electron chi connectivity index (χ3n) is 1.55. The lowest BCUT2D eigenvalue weighted by Gasteiger charge is -2.13. The number of terminal acetylenes is 1. The van der Waals surface area contributed by atoms with Gasteiger partial charge in [-0.15, -0.1) is 12.3 Å². The minimum atomic E-state index is -0.866. The van der Waals surface area contributed by atoms with Gasteiger partial charge >= 0.3 is 5.97 Å². The Balaban J connectivity index is 3.92. The molecule has 0 aromatic rings. The predicted molar refractivity (Wildman–Crippen MR) is 42.8 cm³/mol. The normalized spacial score (nSPS) is 15.0. The van der Waals surface area contributed by atoms with Crippen molar-refractivity contribution in [2.24, 2.45) is 11.7 Å². The fourth-order valence-corrected chi connectivity index (χ4v) is 0.850. The van der Waals surface area contributed by atoms with Crippen LogP contribution in [0, 0.1) is 18.3 Å². The molecule has 0 aromatic heterocycles. The number of aliphatic carboxylic acids is 1. The van der Waals surface area contributed by atoms with E-state index in [4.69, 9.17) is 17.3 Å². The molecule has 0 rings (SSSR count). The monoisotopic (exact) mass is 155 g/mol. The van der Waals surface area contributed by atoms with E-state index in [1.54, 1.807) is 6.92 Å². The highest BCUT2D eigenvalue weighted by molar-refractivity contribution is 5.70. The van der Waals surface area contributed by atoms with Gasteiger partial charge in [-0.25, -0.2) is 0 Å². The zero-order valence-electron chi connectivity index (χ0n) is 6.58. The number of hydrogen-bond donors (Lipinski definition) is 2. The summed E-state index contributed by atoms with van der Waals surface area (Å²) in [5.41, 5.74) is 5.43. The van der Waals surface area contributed by atoms with E-state index < -0.39 is 11.9 Å². The summed E-state index contributed by atoms with van der Waals surface area (Å²) >= 11 is 0. The van der Waals surface area contributed by atoms with Gasteiger partial charge in [0.1, 0.15) is 0 Å². The first-order valence-corrected chi connectivity index (χ1v) is 3.51. The van der Waals surface area contributed by atoms with Crippen LogP contribution in [-0.2, 0) is 4.79 Å². The van der Waals surface area contributed by atoms with Gasteiger partial charge in [0, 0.05) is 12.5 Å². The first kappa shape index (κ1) is 9.99. The molecule has 0 saturated carbocycles. The van der Waals surface area contributed by atoms with Crippen molar-refractivity contribution >= 4 is 5.97 Å². The van der Waals surface area contributed by atoms with E-state index >= 15 is 0 Å². The molecule has 0 bridgehead atoms. The minimum absolute atomic E-state index is 0.333. The zero-order chi connectivity index (χ0) is 8.85. The molecule has 3 N–H and O–H groups in total. The van der Waals surface area contributed by atoms with Crippen LogP contribution in [-0.4, -0.2) is 17.1 Å². The van der Waals surface area contributed by atoms with Gasteiger partial charge in [0.15, 0.2) is 0 Å². The first-order valence-electron chi connectivity index (χ1n) is 3.51. The van der Waals surface area contributed by atoms with Crippen LogP contribution in [0.1, 0.15) is 19.8 Å². The van der Waals surface area contributed by atoms with Crippen molar-refractivity contribution in [2.75, 3.05) is 0 Å². The highest BCUT2D eigenvalue weighted by atomic mass is 16.4. The Labute approximate surface area is 66.6 Å². The lowest BCUT2D eigenvalue weighted by molar-refractivity contribution is -0.142. The van der Waals surface area contributed by atoms with Gasteiger partial charge in [-0.05, 0) is 13.3 Å². The lowest BCUT2D eigenvalue weighted by atomic mass is 9.97. The van der Waals surface area contributed by atoms with Crippen LogP contribution >= 0.6 is 0 Å². The molecule has 0 aliphatic rings. The summed E-state index contributed by atoms with van der Waals surface area (Å²) < 4.78 is 0. The maximum absolute atomic E-state index is 10.5. The fourth-order valence-electron chi connectivity index (χ4n) is 0.850. The molecule has 0 heterocycles. The van der Waals surface area contributed by atoms with Crippen molar-refractivity contribution in [1.82, 2.24) is 0 Å². The van der Waals surface area contributed by atoms with Gasteiger partial charge in [-0.1, -0.05) is 0 Å². The second kappa shape index (κ2) is 4.75. The molecule has 0 aromatic carbocycles. The number of carbonyl (C=O) groups is 1. The van der Waals surface area contributed by atoms with Gasteiger partial charge in [0.2, 0.25) is 0 Å². The molecule has 3 nitrogen and oxygen atoms in total. The van der Waals surface area contributed by atoms with Gasteiger partial charge in [0.25, 0.3) is 0 Å². The SMILES string of the molecule is C#CCC[C@@H](C(=O)O)C(C)N. The van der Waals surface area contributed by atoms with E-state index in [0.717, 1.165) is 0 Å². The second-order valence-corrected chi connectivity index (χ2v) is 2.55. The maximum atomic E-state index is 10.5. The van der Waals surface area contributed by atoms with Crippen LogP contribution in [0.5, 0.6) is 0 Å². The van der Waals surface area contributed by atoms with E-state index in [2.05, 4.69) is 5.92 Å². The van der Waals surface area contributed by atoms with E-state index in [1.165, 1.54) is 0 Å². The number of nitrogens with two attached hydrogens (primary N) is 1. The van der Waals surface area contributed by atoms with Crippen LogP contribution < -0.4 is 5.73 Å². The van der Waals surface area contributed by atoms with Gasteiger partial charge < -0.3 is 10.8 Å². The van der Waals surface area contributed by atoms with Crippen molar-refractivity contribution in [1.29, 1.82) is 0 Å². The quantitative estimate of drug-likeness (QED) is 0.579. The van der Waals surface area contributed by atoms with Crippen molar-refractivity contribution in [3.05, 3.63) is 0 Å². The molecule has 62 valence electrons. The summed E-state index contributed by atoms with van der Waals surface area (Å²) in [6.07, 6.45) is 5.93.